The summed E-state index contributed by atoms with van der Waals surface area (Å²) in [7, 11) is 0. The first-order chi connectivity index (χ1) is 12.2. The standard InChI is InChI=1S/C18H17BrN4O3/c1-18(2,3)23-15(24)12-6-5-11(8-13(12)16(23)25)21-17(26)22-14-7-4-10(19)9-20-14/h4-9H,1-3H3,(H2,20,21,22,26). The van der Waals surface area contributed by atoms with Crippen LogP contribution in [0.4, 0.5) is 16.3 Å². The van der Waals surface area contributed by atoms with Crippen LogP contribution in [0.2, 0.25) is 0 Å². The van der Waals surface area contributed by atoms with Crippen molar-refractivity contribution in [1.29, 1.82) is 0 Å². The molecule has 7 nitrogen and oxygen atoms in total. The molecule has 0 atom stereocenters. The van der Waals surface area contributed by atoms with Gasteiger partial charge in [0.2, 0.25) is 0 Å². The molecule has 1 aliphatic rings. The van der Waals surface area contributed by atoms with E-state index in [2.05, 4.69) is 31.5 Å². The zero-order valence-corrected chi connectivity index (χ0v) is 16.0. The first kappa shape index (κ1) is 18.1. The molecule has 0 aliphatic carbocycles. The fraction of sp³-hybridized carbons (Fsp3) is 0.222. The Balaban J connectivity index is 1.77. The Kier molecular flexibility index (Phi) is 4.53. The highest BCUT2D eigenvalue weighted by molar-refractivity contribution is 9.10. The SMILES string of the molecule is CC(C)(C)N1C(=O)c2ccc(NC(=O)Nc3ccc(Br)cn3)cc2C1=O. The van der Waals surface area contributed by atoms with E-state index in [0.717, 1.165) is 4.47 Å². The number of amides is 4. The van der Waals surface area contributed by atoms with E-state index in [-0.39, 0.29) is 17.4 Å². The number of anilines is 2. The van der Waals surface area contributed by atoms with E-state index in [4.69, 9.17) is 0 Å². The summed E-state index contributed by atoms with van der Waals surface area (Å²) in [5, 5.41) is 5.23. The second kappa shape index (κ2) is 6.53. The van der Waals surface area contributed by atoms with Gasteiger partial charge in [0, 0.05) is 21.9 Å². The minimum absolute atomic E-state index is 0.282. The van der Waals surface area contributed by atoms with Crippen molar-refractivity contribution in [2.24, 2.45) is 0 Å². The van der Waals surface area contributed by atoms with Crippen LogP contribution in [0.5, 0.6) is 0 Å². The van der Waals surface area contributed by atoms with Crippen molar-refractivity contribution in [2.45, 2.75) is 26.3 Å². The van der Waals surface area contributed by atoms with Crippen LogP contribution in [0, 0.1) is 0 Å². The van der Waals surface area contributed by atoms with Gasteiger partial charge in [0.25, 0.3) is 11.8 Å². The maximum Gasteiger partial charge on any atom is 0.324 e. The maximum atomic E-state index is 12.6. The zero-order chi connectivity index (χ0) is 19.1. The van der Waals surface area contributed by atoms with Crippen LogP contribution in [-0.4, -0.2) is 33.3 Å². The Bertz CT molecular complexity index is 904. The second-order valence-corrected chi connectivity index (χ2v) is 7.73. The maximum absolute atomic E-state index is 12.6. The molecule has 134 valence electrons. The van der Waals surface area contributed by atoms with E-state index in [9.17, 15) is 14.4 Å². The Morgan fingerprint density at radius 2 is 1.73 bits per heavy atom. The number of hydrogen-bond donors (Lipinski definition) is 2. The number of hydrogen-bond acceptors (Lipinski definition) is 4. The highest BCUT2D eigenvalue weighted by atomic mass is 79.9. The first-order valence-electron chi connectivity index (χ1n) is 7.89. The molecule has 0 bridgehead atoms. The lowest BCUT2D eigenvalue weighted by Gasteiger charge is -2.29. The molecular formula is C18H17BrN4O3. The number of urea groups is 1. The van der Waals surface area contributed by atoms with Crippen LogP contribution in [-0.2, 0) is 0 Å². The molecule has 0 unspecified atom stereocenters. The van der Waals surface area contributed by atoms with Gasteiger partial charge in [-0.3, -0.25) is 19.8 Å². The van der Waals surface area contributed by atoms with Crippen molar-refractivity contribution in [3.8, 4) is 0 Å². The lowest BCUT2D eigenvalue weighted by molar-refractivity contribution is 0.0507. The van der Waals surface area contributed by atoms with E-state index < -0.39 is 11.6 Å². The molecule has 2 N–H and O–H groups in total. The summed E-state index contributed by atoms with van der Waals surface area (Å²) in [6.07, 6.45) is 1.57. The van der Waals surface area contributed by atoms with Crippen LogP contribution in [0.15, 0.2) is 41.0 Å². The van der Waals surface area contributed by atoms with Gasteiger partial charge in [-0.05, 0) is 67.0 Å². The number of aromatic nitrogens is 1. The van der Waals surface area contributed by atoms with Gasteiger partial charge >= 0.3 is 6.03 Å². The third kappa shape index (κ3) is 3.45. The van der Waals surface area contributed by atoms with Crippen LogP contribution >= 0.6 is 15.9 Å². The van der Waals surface area contributed by atoms with Gasteiger partial charge in [0.1, 0.15) is 5.82 Å². The van der Waals surface area contributed by atoms with Gasteiger partial charge in [0.15, 0.2) is 0 Å². The number of fused-ring (bicyclic) bond motifs is 1. The first-order valence-corrected chi connectivity index (χ1v) is 8.68. The Labute approximate surface area is 158 Å². The van der Waals surface area contributed by atoms with Crippen molar-refractivity contribution in [3.63, 3.8) is 0 Å². The minimum atomic E-state index is -0.620. The third-order valence-corrected chi connectivity index (χ3v) is 4.25. The van der Waals surface area contributed by atoms with Gasteiger partial charge in [0.05, 0.1) is 11.1 Å². The van der Waals surface area contributed by atoms with Gasteiger partial charge in [-0.2, -0.15) is 0 Å². The number of nitrogens with zero attached hydrogens (tertiary/aromatic N) is 2. The number of carbonyl (C=O) groups excluding carboxylic acids is 3. The molecule has 0 saturated heterocycles. The summed E-state index contributed by atoms with van der Waals surface area (Å²) in [5.74, 6) is -0.305. The summed E-state index contributed by atoms with van der Waals surface area (Å²) >= 11 is 3.27. The van der Waals surface area contributed by atoms with E-state index >= 15 is 0 Å². The molecule has 26 heavy (non-hydrogen) atoms. The summed E-state index contributed by atoms with van der Waals surface area (Å²) in [6.45, 7) is 5.39. The molecule has 8 heteroatoms. The largest absolute Gasteiger partial charge is 0.324 e. The molecule has 4 amide bonds. The van der Waals surface area contributed by atoms with Gasteiger partial charge in [-0.15, -0.1) is 0 Å². The molecule has 0 spiro atoms. The zero-order valence-electron chi connectivity index (χ0n) is 14.5. The normalized spacial score (nSPS) is 13.6. The third-order valence-electron chi connectivity index (χ3n) is 3.78. The minimum Gasteiger partial charge on any atom is -0.308 e. The molecular weight excluding hydrogens is 400 g/mol. The van der Waals surface area contributed by atoms with Crippen molar-refractivity contribution >= 4 is 45.3 Å². The molecule has 3 rings (SSSR count). The van der Waals surface area contributed by atoms with E-state index in [1.54, 1.807) is 51.2 Å². The van der Waals surface area contributed by atoms with Crippen LogP contribution < -0.4 is 10.6 Å². The lowest BCUT2D eigenvalue weighted by Crippen LogP contribution is -2.45. The molecule has 2 aromatic rings. The summed E-state index contributed by atoms with van der Waals surface area (Å²) in [5.41, 5.74) is 0.413. The average Bonchev–Trinajstić information content (AvgIpc) is 2.80. The fourth-order valence-corrected chi connectivity index (χ4v) is 2.89. The molecule has 1 aromatic carbocycles. The van der Waals surface area contributed by atoms with Crippen LogP contribution in [0.1, 0.15) is 41.5 Å². The topological polar surface area (TPSA) is 91.4 Å². The number of pyridine rings is 1. The molecule has 2 heterocycles. The molecule has 0 radical (unpaired) electrons. The highest BCUT2D eigenvalue weighted by Gasteiger charge is 2.41. The highest BCUT2D eigenvalue weighted by Crippen LogP contribution is 2.30. The molecule has 0 saturated carbocycles. The van der Waals surface area contributed by atoms with E-state index in [1.165, 1.54) is 11.0 Å². The summed E-state index contributed by atoms with van der Waals surface area (Å²) < 4.78 is 0.800. The Morgan fingerprint density at radius 3 is 2.35 bits per heavy atom. The van der Waals surface area contributed by atoms with Gasteiger partial charge in [-0.1, -0.05) is 0 Å². The number of nitrogens with one attached hydrogen (secondary N) is 2. The van der Waals surface area contributed by atoms with Crippen LogP contribution in [0.25, 0.3) is 0 Å². The quantitative estimate of drug-likeness (QED) is 0.726. The predicted molar refractivity (Wildman–Crippen MR) is 101 cm³/mol. The number of carbonyl (C=O) groups is 3. The van der Waals surface area contributed by atoms with Crippen molar-refractivity contribution in [1.82, 2.24) is 9.88 Å². The number of benzene rings is 1. The second-order valence-electron chi connectivity index (χ2n) is 6.82. The van der Waals surface area contributed by atoms with Crippen molar-refractivity contribution < 1.29 is 14.4 Å². The number of imide groups is 1. The molecule has 1 aromatic heterocycles. The Hall–Kier alpha value is -2.74. The molecule has 0 fully saturated rings. The van der Waals surface area contributed by atoms with E-state index in [0.29, 0.717) is 17.1 Å². The Morgan fingerprint density at radius 1 is 1.04 bits per heavy atom. The molecule has 1 aliphatic heterocycles. The van der Waals surface area contributed by atoms with Gasteiger partial charge in [-0.25, -0.2) is 9.78 Å². The van der Waals surface area contributed by atoms with Crippen molar-refractivity contribution in [2.75, 3.05) is 10.6 Å². The smallest absolute Gasteiger partial charge is 0.308 e. The predicted octanol–water partition coefficient (Wildman–Crippen LogP) is 3.88. The number of halogens is 1. The van der Waals surface area contributed by atoms with Crippen molar-refractivity contribution in [3.05, 3.63) is 52.1 Å². The summed E-state index contributed by atoms with van der Waals surface area (Å²) in [4.78, 5) is 42.4. The monoisotopic (exact) mass is 416 g/mol. The lowest BCUT2D eigenvalue weighted by atomic mass is 10.1. The van der Waals surface area contributed by atoms with Gasteiger partial charge < -0.3 is 5.32 Å². The van der Waals surface area contributed by atoms with E-state index in [1.807, 2.05) is 0 Å². The van der Waals surface area contributed by atoms with Crippen LogP contribution in [0.3, 0.4) is 0 Å². The number of rotatable bonds is 2. The summed E-state index contributed by atoms with van der Waals surface area (Å²) in [6, 6.07) is 7.55. The average molecular weight is 417 g/mol. The fourth-order valence-electron chi connectivity index (χ4n) is 2.66.